The predicted octanol–water partition coefficient (Wildman–Crippen LogP) is -0.373. The van der Waals surface area contributed by atoms with Crippen molar-refractivity contribution in [3.8, 4) is 0 Å². The molecule has 0 aliphatic rings. The van der Waals surface area contributed by atoms with Gasteiger partial charge in [0.05, 0.1) is 17.6 Å². The van der Waals surface area contributed by atoms with Crippen LogP contribution in [0.15, 0.2) is 29.2 Å². The van der Waals surface area contributed by atoms with Gasteiger partial charge in [0.1, 0.15) is 0 Å². The molecule has 1 aromatic rings. The molecule has 0 spiro atoms. The molecule has 6 heteroatoms. The van der Waals surface area contributed by atoms with Gasteiger partial charge in [0.25, 0.3) is 0 Å². The number of hydrogen-bond donors (Lipinski definition) is 3. The molecule has 1 rings (SSSR count). The zero-order valence-electron chi connectivity index (χ0n) is 8.92. The maximum absolute atomic E-state index is 11.7. The van der Waals surface area contributed by atoms with E-state index in [1.165, 1.54) is 12.1 Å². The van der Waals surface area contributed by atoms with Gasteiger partial charge in [0, 0.05) is 6.54 Å². The van der Waals surface area contributed by atoms with E-state index >= 15 is 0 Å². The third-order valence-electron chi connectivity index (χ3n) is 2.05. The van der Waals surface area contributed by atoms with E-state index in [4.69, 9.17) is 10.2 Å². The van der Waals surface area contributed by atoms with Crippen LogP contribution in [-0.2, 0) is 10.0 Å². The molecule has 0 saturated carbocycles. The van der Waals surface area contributed by atoms with Crippen LogP contribution in [0.3, 0.4) is 0 Å². The number of nitrogens with one attached hydrogen (secondary N) is 1. The molecule has 1 atom stereocenters. The third-order valence-corrected chi connectivity index (χ3v) is 3.49. The summed E-state index contributed by atoms with van der Waals surface area (Å²) >= 11 is 0. The Balaban J connectivity index is 2.74. The van der Waals surface area contributed by atoms with Gasteiger partial charge < -0.3 is 10.2 Å². The van der Waals surface area contributed by atoms with Crippen molar-refractivity contribution in [1.82, 2.24) is 4.72 Å². The van der Waals surface area contributed by atoms with Crippen molar-refractivity contribution < 1.29 is 18.6 Å². The second-order valence-corrected chi connectivity index (χ2v) is 5.27. The summed E-state index contributed by atoms with van der Waals surface area (Å²) in [6.07, 6.45) is -1.08. The van der Waals surface area contributed by atoms with Gasteiger partial charge >= 0.3 is 0 Å². The smallest absolute Gasteiger partial charge is 0.240 e. The van der Waals surface area contributed by atoms with Crippen LogP contribution in [0.25, 0.3) is 0 Å². The molecular weight excluding hydrogens is 230 g/mol. The van der Waals surface area contributed by atoms with Crippen LogP contribution >= 0.6 is 0 Å². The van der Waals surface area contributed by atoms with Crippen molar-refractivity contribution >= 4 is 10.0 Å². The summed E-state index contributed by atoms with van der Waals surface area (Å²) < 4.78 is 25.5. The first-order chi connectivity index (χ1) is 7.45. The molecule has 0 heterocycles. The molecule has 0 fully saturated rings. The van der Waals surface area contributed by atoms with E-state index in [0.717, 1.165) is 5.56 Å². The molecule has 0 unspecified atom stereocenters. The van der Waals surface area contributed by atoms with E-state index in [-0.39, 0.29) is 11.4 Å². The number of aliphatic hydroxyl groups is 2. The van der Waals surface area contributed by atoms with Crippen LogP contribution in [0.5, 0.6) is 0 Å². The summed E-state index contributed by atoms with van der Waals surface area (Å²) in [5.41, 5.74) is 0.967. The molecule has 0 aliphatic carbocycles. The van der Waals surface area contributed by atoms with Crippen LogP contribution in [0.2, 0.25) is 0 Å². The van der Waals surface area contributed by atoms with E-state index in [9.17, 15) is 8.42 Å². The van der Waals surface area contributed by atoms with Gasteiger partial charge in [-0.3, -0.25) is 0 Å². The monoisotopic (exact) mass is 245 g/mol. The Labute approximate surface area is 94.8 Å². The van der Waals surface area contributed by atoms with Crippen molar-refractivity contribution in [3.63, 3.8) is 0 Å². The zero-order valence-corrected chi connectivity index (χ0v) is 9.74. The first kappa shape index (κ1) is 13.1. The highest BCUT2D eigenvalue weighted by Crippen LogP contribution is 2.09. The van der Waals surface area contributed by atoms with Gasteiger partial charge in [0.15, 0.2) is 0 Å². The largest absolute Gasteiger partial charge is 0.394 e. The Kier molecular flexibility index (Phi) is 4.43. The fourth-order valence-corrected chi connectivity index (χ4v) is 2.14. The summed E-state index contributed by atoms with van der Waals surface area (Å²) in [6, 6.07) is 6.36. The standard InChI is InChI=1S/C10H15NO4S/c1-8-2-4-10(5-3-8)16(14,15)11-6-9(13)7-12/h2-5,9,11-13H,6-7H2,1H3/t9-/m0/s1. The zero-order chi connectivity index (χ0) is 12.2. The predicted molar refractivity (Wildman–Crippen MR) is 59.5 cm³/mol. The minimum atomic E-state index is -3.60. The highest BCUT2D eigenvalue weighted by molar-refractivity contribution is 7.89. The Morgan fingerprint density at radius 1 is 1.31 bits per heavy atom. The molecule has 5 nitrogen and oxygen atoms in total. The number of sulfonamides is 1. The van der Waals surface area contributed by atoms with E-state index in [0.29, 0.717) is 0 Å². The molecule has 0 radical (unpaired) electrons. The number of benzene rings is 1. The first-order valence-electron chi connectivity index (χ1n) is 4.81. The fourth-order valence-electron chi connectivity index (χ4n) is 1.07. The Morgan fingerprint density at radius 2 is 1.88 bits per heavy atom. The van der Waals surface area contributed by atoms with Crippen molar-refractivity contribution in [2.75, 3.05) is 13.2 Å². The Morgan fingerprint density at radius 3 is 2.38 bits per heavy atom. The summed E-state index contributed by atoms with van der Waals surface area (Å²) in [5, 5.41) is 17.6. The molecule has 1 aromatic carbocycles. The Hall–Kier alpha value is -0.950. The molecule has 0 aliphatic heterocycles. The first-order valence-corrected chi connectivity index (χ1v) is 6.29. The number of aliphatic hydroxyl groups excluding tert-OH is 2. The van der Waals surface area contributed by atoms with Crippen LogP contribution in [0, 0.1) is 6.92 Å². The van der Waals surface area contributed by atoms with Crippen LogP contribution in [-0.4, -0.2) is 37.9 Å². The van der Waals surface area contributed by atoms with Gasteiger partial charge in [-0.05, 0) is 19.1 Å². The lowest BCUT2D eigenvalue weighted by molar-refractivity contribution is 0.0988. The van der Waals surface area contributed by atoms with Gasteiger partial charge in [-0.25, -0.2) is 13.1 Å². The number of aryl methyl sites for hydroxylation is 1. The molecule has 0 saturated heterocycles. The quantitative estimate of drug-likeness (QED) is 0.660. The highest BCUT2D eigenvalue weighted by Gasteiger charge is 2.14. The molecule has 0 aromatic heterocycles. The second-order valence-electron chi connectivity index (χ2n) is 3.50. The normalized spacial score (nSPS) is 13.7. The number of rotatable bonds is 5. The Bertz CT molecular complexity index is 427. The SMILES string of the molecule is Cc1ccc(S(=O)(=O)NC[C@H](O)CO)cc1. The minimum Gasteiger partial charge on any atom is -0.394 e. The van der Waals surface area contributed by atoms with E-state index in [2.05, 4.69) is 4.72 Å². The lowest BCUT2D eigenvalue weighted by Crippen LogP contribution is -2.33. The molecule has 16 heavy (non-hydrogen) atoms. The summed E-state index contributed by atoms with van der Waals surface area (Å²) in [5.74, 6) is 0. The fraction of sp³-hybridized carbons (Fsp3) is 0.400. The molecule has 0 bridgehead atoms. The van der Waals surface area contributed by atoms with Crippen molar-refractivity contribution in [2.24, 2.45) is 0 Å². The van der Waals surface area contributed by atoms with E-state index in [1.54, 1.807) is 12.1 Å². The minimum absolute atomic E-state index is 0.142. The summed E-state index contributed by atoms with van der Waals surface area (Å²) in [7, 11) is -3.60. The van der Waals surface area contributed by atoms with E-state index < -0.39 is 22.7 Å². The van der Waals surface area contributed by atoms with Crippen molar-refractivity contribution in [1.29, 1.82) is 0 Å². The van der Waals surface area contributed by atoms with Gasteiger partial charge in [-0.2, -0.15) is 0 Å². The van der Waals surface area contributed by atoms with Crippen molar-refractivity contribution in [3.05, 3.63) is 29.8 Å². The second kappa shape index (κ2) is 5.40. The molecule has 3 N–H and O–H groups in total. The van der Waals surface area contributed by atoms with Crippen LogP contribution < -0.4 is 4.72 Å². The average Bonchev–Trinajstić information content (AvgIpc) is 2.26. The average molecular weight is 245 g/mol. The van der Waals surface area contributed by atoms with Gasteiger partial charge in [-0.1, -0.05) is 17.7 Å². The molecular formula is C10H15NO4S. The highest BCUT2D eigenvalue weighted by atomic mass is 32.2. The lowest BCUT2D eigenvalue weighted by atomic mass is 10.2. The van der Waals surface area contributed by atoms with Crippen LogP contribution in [0.1, 0.15) is 5.56 Å². The number of hydrogen-bond acceptors (Lipinski definition) is 4. The topological polar surface area (TPSA) is 86.6 Å². The maximum Gasteiger partial charge on any atom is 0.240 e. The third kappa shape index (κ3) is 3.57. The maximum atomic E-state index is 11.7. The van der Waals surface area contributed by atoms with E-state index in [1.807, 2.05) is 6.92 Å². The molecule has 0 amide bonds. The van der Waals surface area contributed by atoms with Crippen molar-refractivity contribution in [2.45, 2.75) is 17.9 Å². The molecule has 90 valence electrons. The van der Waals surface area contributed by atoms with Gasteiger partial charge in [-0.15, -0.1) is 0 Å². The summed E-state index contributed by atoms with van der Waals surface area (Å²) in [4.78, 5) is 0.142. The lowest BCUT2D eigenvalue weighted by Gasteiger charge is -2.09. The summed E-state index contributed by atoms with van der Waals surface area (Å²) in [6.45, 7) is 1.18. The van der Waals surface area contributed by atoms with Crippen LogP contribution in [0.4, 0.5) is 0 Å². The van der Waals surface area contributed by atoms with Gasteiger partial charge in [0.2, 0.25) is 10.0 Å².